The number of hydrogen-bond donors (Lipinski definition) is 4. The summed E-state index contributed by atoms with van der Waals surface area (Å²) in [7, 11) is 0. The van der Waals surface area contributed by atoms with Gasteiger partial charge in [0.1, 0.15) is 17.4 Å². The molecule has 4 N–H and O–H groups in total. The lowest BCUT2D eigenvalue weighted by Gasteiger charge is -2.60. The van der Waals surface area contributed by atoms with Crippen molar-refractivity contribution in [3.63, 3.8) is 0 Å². The highest BCUT2D eigenvalue weighted by atomic mass is 32.1. The number of carbonyl (C=O) groups excluding carboxylic acids is 5. The van der Waals surface area contributed by atoms with E-state index in [2.05, 4.69) is 30.7 Å². The number of nitrogens with zero attached hydrogens (tertiary/aromatic N) is 5. The first-order chi connectivity index (χ1) is 29.4. The Labute approximate surface area is 359 Å². The van der Waals surface area contributed by atoms with Crippen LogP contribution in [0.2, 0.25) is 0 Å². The molecule has 1 unspecified atom stereocenters. The van der Waals surface area contributed by atoms with Gasteiger partial charge in [-0.25, -0.2) is 9.97 Å². The summed E-state index contributed by atoms with van der Waals surface area (Å²) in [6.07, 6.45) is 0.817. The van der Waals surface area contributed by atoms with Crippen LogP contribution in [0.4, 0.5) is 29.7 Å². The second kappa shape index (κ2) is 15.7. The maximum atomic E-state index is 13.4. The van der Waals surface area contributed by atoms with Crippen molar-refractivity contribution in [1.82, 2.24) is 25.1 Å². The number of nitrogens with one attached hydrogen (secondary N) is 3. The number of aromatic nitrogens is 2. The first-order valence-corrected chi connectivity index (χ1v) is 21.9. The molecule has 18 heteroatoms. The summed E-state index contributed by atoms with van der Waals surface area (Å²) in [6, 6.07) is 10.7. The van der Waals surface area contributed by atoms with Crippen LogP contribution in [-0.2, 0) is 21.4 Å². The predicted molar refractivity (Wildman–Crippen MR) is 225 cm³/mol. The molecule has 1 saturated carbocycles. The first-order valence-electron chi connectivity index (χ1n) is 21.0. The maximum Gasteiger partial charge on any atom is 0.433 e. The molecule has 2 aromatic heterocycles. The average molecular weight is 873 g/mol. The van der Waals surface area contributed by atoms with Crippen LogP contribution in [0, 0.1) is 17.3 Å². The van der Waals surface area contributed by atoms with Gasteiger partial charge in [-0.3, -0.25) is 34.2 Å². The molecule has 9 rings (SSSR count). The van der Waals surface area contributed by atoms with Crippen molar-refractivity contribution in [2.24, 2.45) is 17.3 Å². The van der Waals surface area contributed by atoms with Gasteiger partial charge in [-0.15, -0.1) is 0 Å². The number of fused-ring (bicyclic) bond motifs is 2. The number of carbonyl (C=O) groups is 5. The van der Waals surface area contributed by atoms with E-state index >= 15 is 0 Å². The largest absolute Gasteiger partial charge is 0.433 e. The Morgan fingerprint density at radius 1 is 0.952 bits per heavy atom. The quantitative estimate of drug-likeness (QED) is 0.130. The van der Waals surface area contributed by atoms with Crippen molar-refractivity contribution in [2.45, 2.75) is 76.6 Å². The predicted octanol–water partition coefficient (Wildman–Crippen LogP) is 6.02. The number of amides is 5. The van der Waals surface area contributed by atoms with Gasteiger partial charge >= 0.3 is 6.18 Å². The van der Waals surface area contributed by atoms with Crippen molar-refractivity contribution < 1.29 is 42.3 Å². The number of anilines is 3. The Balaban J connectivity index is 0.735. The van der Waals surface area contributed by atoms with Gasteiger partial charge in [-0.1, -0.05) is 23.5 Å². The second-order valence-corrected chi connectivity index (χ2v) is 19.1. The molecule has 14 nitrogen and oxygen atoms in total. The number of halogens is 3. The molecule has 1 atom stereocenters. The standard InChI is InChI=1S/C44H47F3N8O6S/c1-42(2,61)27-17-31-33(18-30(27)50-37(57)29-7-4-8-34(49-29)44(45,46)47)62-41(51-31)54-15-12-24(13-16-54)21-53-22-43(23-53)19-25(20-43)11-14-48-28-6-3-5-26-36(28)40(60)55(39(26)59)32-9-10-35(56)52-38(32)58/h3-8,17-18,24-25,32,48,61H,9-16,19-23H2,1-2H3,(H,50,57)(H,52,56,58). The molecule has 326 valence electrons. The van der Waals surface area contributed by atoms with Gasteiger partial charge in [0.25, 0.3) is 17.7 Å². The molecule has 2 aromatic carbocycles. The highest BCUT2D eigenvalue weighted by Gasteiger charge is 2.52. The van der Waals surface area contributed by atoms with Crippen LogP contribution in [0.25, 0.3) is 10.2 Å². The molecule has 6 heterocycles. The number of imide groups is 2. The number of alkyl halides is 3. The third-order valence-electron chi connectivity index (χ3n) is 13.0. The molecule has 4 aromatic rings. The summed E-state index contributed by atoms with van der Waals surface area (Å²) in [5.74, 6) is -1.73. The Kier molecular flexibility index (Phi) is 10.6. The summed E-state index contributed by atoms with van der Waals surface area (Å²) in [5, 5.41) is 20.1. The number of piperidine rings is 2. The fraction of sp³-hybridized carbons (Fsp3) is 0.477. The van der Waals surface area contributed by atoms with E-state index in [4.69, 9.17) is 4.98 Å². The van der Waals surface area contributed by atoms with Gasteiger partial charge in [-0.05, 0) is 106 Å². The number of hydrogen-bond acceptors (Lipinski definition) is 12. The Bertz CT molecular complexity index is 2480. The molecular weight excluding hydrogens is 826 g/mol. The number of thiazole rings is 1. The summed E-state index contributed by atoms with van der Waals surface area (Å²) in [5.41, 5.74) is -0.106. The van der Waals surface area contributed by atoms with Crippen LogP contribution < -0.4 is 20.9 Å². The molecule has 4 fully saturated rings. The van der Waals surface area contributed by atoms with E-state index in [9.17, 15) is 42.3 Å². The number of benzene rings is 2. The smallest absolute Gasteiger partial charge is 0.386 e. The summed E-state index contributed by atoms with van der Waals surface area (Å²) < 4.78 is 40.5. The van der Waals surface area contributed by atoms with E-state index < -0.39 is 53.0 Å². The summed E-state index contributed by atoms with van der Waals surface area (Å²) in [4.78, 5) is 78.0. The molecule has 0 bridgehead atoms. The minimum atomic E-state index is -4.70. The van der Waals surface area contributed by atoms with Gasteiger partial charge in [0.05, 0.1) is 26.9 Å². The van der Waals surface area contributed by atoms with E-state index in [1.165, 1.54) is 17.4 Å². The second-order valence-electron chi connectivity index (χ2n) is 18.0. The number of rotatable bonds is 11. The molecule has 1 spiro atoms. The maximum absolute atomic E-state index is 13.4. The van der Waals surface area contributed by atoms with E-state index in [0.29, 0.717) is 40.6 Å². The zero-order chi connectivity index (χ0) is 43.7. The third kappa shape index (κ3) is 8.03. The number of likely N-dealkylation sites (tertiary alicyclic amines) is 1. The molecule has 5 aliphatic rings. The zero-order valence-corrected chi connectivity index (χ0v) is 35.1. The average Bonchev–Trinajstić information content (AvgIpc) is 3.73. The van der Waals surface area contributed by atoms with Gasteiger partial charge in [0, 0.05) is 62.6 Å². The lowest BCUT2D eigenvalue weighted by Crippen LogP contribution is -2.63. The van der Waals surface area contributed by atoms with Crippen molar-refractivity contribution >= 4 is 67.6 Å². The van der Waals surface area contributed by atoms with E-state index in [-0.39, 0.29) is 35.3 Å². The topological polar surface area (TPSA) is 177 Å². The molecule has 4 aliphatic heterocycles. The molecule has 3 saturated heterocycles. The lowest BCUT2D eigenvalue weighted by molar-refractivity contribution is -0.141. The van der Waals surface area contributed by atoms with Crippen LogP contribution in [0.5, 0.6) is 0 Å². The SMILES string of the molecule is CC(C)(O)c1cc2nc(N3CCC(CN4CC5(CC(CCNc6cccc7c6C(=O)N(C6CCC(=O)NC6=O)C7=O)C5)C4)CC3)sc2cc1NC(=O)c1cccc(C(F)(F)F)n1. The summed E-state index contributed by atoms with van der Waals surface area (Å²) in [6.45, 7) is 8.75. The van der Waals surface area contributed by atoms with Crippen LogP contribution in [0.3, 0.4) is 0 Å². The molecule has 62 heavy (non-hydrogen) atoms. The Morgan fingerprint density at radius 2 is 1.69 bits per heavy atom. The minimum absolute atomic E-state index is 0.0743. The molecule has 0 radical (unpaired) electrons. The van der Waals surface area contributed by atoms with Gasteiger partial charge in [0.2, 0.25) is 11.8 Å². The lowest BCUT2D eigenvalue weighted by atomic mass is 9.57. The van der Waals surface area contributed by atoms with Gasteiger partial charge < -0.3 is 25.5 Å². The molecular formula is C44H47F3N8O6S. The van der Waals surface area contributed by atoms with Gasteiger partial charge in [0.15, 0.2) is 5.13 Å². The summed E-state index contributed by atoms with van der Waals surface area (Å²) >= 11 is 1.47. The fourth-order valence-corrected chi connectivity index (χ4v) is 11.1. The Hall–Kier alpha value is -5.46. The monoisotopic (exact) mass is 872 g/mol. The normalized spacial score (nSPS) is 21.0. The number of pyridine rings is 1. The number of aliphatic hydroxyl groups is 1. The fourth-order valence-electron chi connectivity index (χ4n) is 10.0. The van der Waals surface area contributed by atoms with E-state index in [0.717, 1.165) is 91.7 Å². The molecule has 1 aliphatic carbocycles. The van der Waals surface area contributed by atoms with E-state index in [1.54, 1.807) is 44.2 Å². The van der Waals surface area contributed by atoms with Crippen LogP contribution in [-0.4, -0.2) is 99.7 Å². The highest BCUT2D eigenvalue weighted by molar-refractivity contribution is 7.22. The van der Waals surface area contributed by atoms with E-state index in [1.807, 2.05) is 0 Å². The third-order valence-corrected chi connectivity index (χ3v) is 14.1. The first kappa shape index (κ1) is 41.9. The van der Waals surface area contributed by atoms with Crippen LogP contribution >= 0.6 is 11.3 Å². The van der Waals surface area contributed by atoms with Gasteiger partial charge in [-0.2, -0.15) is 13.2 Å². The van der Waals surface area contributed by atoms with Crippen molar-refractivity contribution in [3.8, 4) is 0 Å². The van der Waals surface area contributed by atoms with Crippen molar-refractivity contribution in [2.75, 3.05) is 54.8 Å². The van der Waals surface area contributed by atoms with Crippen molar-refractivity contribution in [3.05, 3.63) is 76.6 Å². The highest BCUT2D eigenvalue weighted by Crippen LogP contribution is 2.53. The van der Waals surface area contributed by atoms with Crippen molar-refractivity contribution in [1.29, 1.82) is 0 Å². The van der Waals surface area contributed by atoms with Crippen LogP contribution in [0.1, 0.15) is 101 Å². The zero-order valence-electron chi connectivity index (χ0n) is 34.3. The molecule has 5 amide bonds. The Morgan fingerprint density at radius 3 is 2.40 bits per heavy atom. The minimum Gasteiger partial charge on any atom is -0.386 e. The van der Waals surface area contributed by atoms with Crippen LogP contribution in [0.15, 0.2) is 48.5 Å².